The number of amides is 1. The molecule has 0 aromatic carbocycles. The van der Waals surface area contributed by atoms with Gasteiger partial charge in [0.1, 0.15) is 11.9 Å². The van der Waals surface area contributed by atoms with E-state index in [2.05, 4.69) is 15.1 Å². The van der Waals surface area contributed by atoms with Crippen molar-refractivity contribution in [1.82, 2.24) is 24.6 Å². The average molecular weight is 329 g/mol. The molecule has 1 saturated heterocycles. The van der Waals surface area contributed by atoms with Crippen molar-refractivity contribution in [3.8, 4) is 0 Å². The highest BCUT2D eigenvalue weighted by molar-refractivity contribution is 5.76. The van der Waals surface area contributed by atoms with Crippen LogP contribution in [-0.2, 0) is 16.1 Å². The second kappa shape index (κ2) is 7.53. The topological polar surface area (TPSA) is 73.1 Å². The minimum atomic E-state index is -0.172. The van der Waals surface area contributed by atoms with E-state index in [1.165, 1.54) is 0 Å². The Labute approximate surface area is 141 Å². The molecule has 3 heterocycles. The van der Waals surface area contributed by atoms with Gasteiger partial charge in [0.25, 0.3) is 0 Å². The Bertz CT molecular complexity index is 666. The summed E-state index contributed by atoms with van der Waals surface area (Å²) in [6, 6.07) is 3.82. The van der Waals surface area contributed by atoms with Crippen LogP contribution in [0.2, 0.25) is 0 Å². The van der Waals surface area contributed by atoms with Crippen LogP contribution in [0, 0.1) is 13.8 Å². The third-order valence-corrected chi connectivity index (χ3v) is 4.07. The molecule has 0 saturated carbocycles. The lowest BCUT2D eigenvalue weighted by Crippen LogP contribution is -2.42. The number of nitrogens with zero attached hydrogens (tertiary/aromatic N) is 5. The molecule has 0 N–H and O–H groups in total. The largest absolute Gasteiger partial charge is 0.368 e. The number of hydrogen-bond acceptors (Lipinski definition) is 5. The van der Waals surface area contributed by atoms with Crippen LogP contribution in [0.1, 0.15) is 36.2 Å². The summed E-state index contributed by atoms with van der Waals surface area (Å²) < 4.78 is 7.67. The molecule has 2 aromatic heterocycles. The number of carbonyl (C=O) groups is 1. The van der Waals surface area contributed by atoms with Crippen molar-refractivity contribution >= 4 is 5.91 Å². The molecule has 0 spiro atoms. The Morgan fingerprint density at radius 1 is 1.38 bits per heavy atom. The highest BCUT2D eigenvalue weighted by Crippen LogP contribution is 2.22. The quantitative estimate of drug-likeness (QED) is 0.834. The molecule has 1 amide bonds. The second-order valence-electron chi connectivity index (χ2n) is 6.05. The molecular weight excluding hydrogens is 306 g/mol. The summed E-state index contributed by atoms with van der Waals surface area (Å²) in [7, 11) is 0. The first-order valence-corrected chi connectivity index (χ1v) is 8.31. The van der Waals surface area contributed by atoms with Crippen molar-refractivity contribution in [2.75, 3.05) is 19.7 Å². The summed E-state index contributed by atoms with van der Waals surface area (Å²) >= 11 is 0. The van der Waals surface area contributed by atoms with Crippen LogP contribution in [0.5, 0.6) is 0 Å². The van der Waals surface area contributed by atoms with Gasteiger partial charge in [0, 0.05) is 37.6 Å². The first-order chi connectivity index (χ1) is 11.6. The average Bonchev–Trinajstić information content (AvgIpc) is 3.07. The Morgan fingerprint density at radius 2 is 2.25 bits per heavy atom. The van der Waals surface area contributed by atoms with Gasteiger partial charge in [-0.2, -0.15) is 5.10 Å². The third-order valence-electron chi connectivity index (χ3n) is 4.07. The fourth-order valence-electron chi connectivity index (χ4n) is 2.95. The van der Waals surface area contributed by atoms with Crippen LogP contribution >= 0.6 is 0 Å². The van der Waals surface area contributed by atoms with E-state index in [1.807, 2.05) is 41.8 Å². The lowest BCUT2D eigenvalue weighted by Gasteiger charge is -2.33. The predicted molar refractivity (Wildman–Crippen MR) is 88.2 cm³/mol. The van der Waals surface area contributed by atoms with Crippen molar-refractivity contribution in [2.24, 2.45) is 0 Å². The Kier molecular flexibility index (Phi) is 5.20. The van der Waals surface area contributed by atoms with Gasteiger partial charge in [0.2, 0.25) is 5.91 Å². The Balaban J connectivity index is 1.55. The molecule has 7 nitrogen and oxygen atoms in total. The fourth-order valence-corrected chi connectivity index (χ4v) is 2.95. The van der Waals surface area contributed by atoms with Crippen LogP contribution in [0.3, 0.4) is 0 Å². The number of carbonyl (C=O) groups excluding carboxylic acids is 1. The van der Waals surface area contributed by atoms with Gasteiger partial charge in [0.05, 0.1) is 18.8 Å². The molecular formula is C17H23N5O2. The van der Waals surface area contributed by atoms with Gasteiger partial charge in [-0.25, -0.2) is 9.97 Å². The van der Waals surface area contributed by atoms with Crippen molar-refractivity contribution < 1.29 is 9.53 Å². The van der Waals surface area contributed by atoms with Crippen LogP contribution in [-0.4, -0.2) is 50.3 Å². The molecule has 1 fully saturated rings. The minimum absolute atomic E-state index is 0.165. The first-order valence-electron chi connectivity index (χ1n) is 8.31. The number of hydrogen-bond donors (Lipinski definition) is 0. The number of aryl methyl sites for hydroxylation is 3. The van der Waals surface area contributed by atoms with E-state index in [0.29, 0.717) is 26.1 Å². The molecule has 0 aliphatic carbocycles. The summed E-state index contributed by atoms with van der Waals surface area (Å²) in [5.41, 5.74) is 1.78. The summed E-state index contributed by atoms with van der Waals surface area (Å²) in [5.74, 6) is 0.897. The molecule has 0 radical (unpaired) electrons. The van der Waals surface area contributed by atoms with Gasteiger partial charge in [-0.15, -0.1) is 0 Å². The highest BCUT2D eigenvalue weighted by atomic mass is 16.5. The third kappa shape index (κ3) is 4.17. The Hall–Kier alpha value is -2.28. The predicted octanol–water partition coefficient (Wildman–Crippen LogP) is 1.67. The standard InChI is InChI=1S/C17H23N5O2/c1-13-11-15(20-14(2)19-13)16-12-21(9-10-24-16)17(23)5-3-7-22-8-4-6-18-22/h4,6,8,11,16H,3,5,7,9-10,12H2,1-2H3/t16-/m0/s1. The Morgan fingerprint density at radius 3 is 3.00 bits per heavy atom. The van der Waals surface area contributed by atoms with Gasteiger partial charge in [-0.05, 0) is 32.4 Å². The van der Waals surface area contributed by atoms with Gasteiger partial charge < -0.3 is 9.64 Å². The monoisotopic (exact) mass is 329 g/mol. The summed E-state index contributed by atoms with van der Waals surface area (Å²) in [5, 5.41) is 4.15. The number of rotatable bonds is 5. The zero-order chi connectivity index (χ0) is 16.9. The molecule has 2 aromatic rings. The van der Waals surface area contributed by atoms with E-state index in [-0.39, 0.29) is 12.0 Å². The normalized spacial score (nSPS) is 17.9. The SMILES string of the molecule is Cc1cc([C@@H]2CN(C(=O)CCCn3cccn3)CCO2)nc(C)n1. The lowest BCUT2D eigenvalue weighted by molar-refractivity contribution is -0.139. The molecule has 0 bridgehead atoms. The molecule has 24 heavy (non-hydrogen) atoms. The van der Waals surface area contributed by atoms with E-state index < -0.39 is 0 Å². The minimum Gasteiger partial charge on any atom is -0.368 e. The van der Waals surface area contributed by atoms with Crippen LogP contribution in [0.25, 0.3) is 0 Å². The van der Waals surface area contributed by atoms with E-state index in [9.17, 15) is 4.79 Å². The van der Waals surface area contributed by atoms with Crippen molar-refractivity contribution in [3.63, 3.8) is 0 Å². The van der Waals surface area contributed by atoms with Gasteiger partial charge >= 0.3 is 0 Å². The molecule has 128 valence electrons. The van der Waals surface area contributed by atoms with Crippen LogP contribution in [0.4, 0.5) is 0 Å². The van der Waals surface area contributed by atoms with E-state index >= 15 is 0 Å². The van der Waals surface area contributed by atoms with Gasteiger partial charge in [0.15, 0.2) is 0 Å². The molecule has 0 unspecified atom stereocenters. The lowest BCUT2D eigenvalue weighted by atomic mass is 10.1. The highest BCUT2D eigenvalue weighted by Gasteiger charge is 2.26. The number of aromatic nitrogens is 4. The fraction of sp³-hybridized carbons (Fsp3) is 0.529. The van der Waals surface area contributed by atoms with Gasteiger partial charge in [-0.1, -0.05) is 0 Å². The van der Waals surface area contributed by atoms with E-state index in [4.69, 9.17) is 4.74 Å². The molecule has 1 aliphatic rings. The van der Waals surface area contributed by atoms with Crippen molar-refractivity contribution in [1.29, 1.82) is 0 Å². The second-order valence-corrected chi connectivity index (χ2v) is 6.05. The summed E-state index contributed by atoms with van der Waals surface area (Å²) in [4.78, 5) is 23.1. The maximum absolute atomic E-state index is 12.4. The molecule has 3 rings (SSSR count). The van der Waals surface area contributed by atoms with Crippen molar-refractivity contribution in [2.45, 2.75) is 39.3 Å². The van der Waals surface area contributed by atoms with Gasteiger partial charge in [-0.3, -0.25) is 9.48 Å². The first kappa shape index (κ1) is 16.6. The van der Waals surface area contributed by atoms with Crippen LogP contribution < -0.4 is 0 Å². The zero-order valence-corrected chi connectivity index (χ0v) is 14.2. The zero-order valence-electron chi connectivity index (χ0n) is 14.2. The maximum atomic E-state index is 12.4. The molecule has 1 atom stereocenters. The summed E-state index contributed by atoms with van der Waals surface area (Å²) in [6.07, 6.45) is 4.80. The van der Waals surface area contributed by atoms with Crippen LogP contribution in [0.15, 0.2) is 24.5 Å². The maximum Gasteiger partial charge on any atom is 0.222 e. The molecule has 7 heteroatoms. The number of ether oxygens (including phenoxy) is 1. The van der Waals surface area contributed by atoms with Crippen molar-refractivity contribution in [3.05, 3.63) is 41.7 Å². The molecule has 1 aliphatic heterocycles. The number of morpholine rings is 1. The summed E-state index contributed by atoms with van der Waals surface area (Å²) in [6.45, 7) is 6.31. The van der Waals surface area contributed by atoms with E-state index in [1.54, 1.807) is 6.20 Å². The van der Waals surface area contributed by atoms with E-state index in [0.717, 1.165) is 30.2 Å². The smallest absolute Gasteiger partial charge is 0.222 e.